The molecule has 3 aromatic heterocycles. The lowest BCUT2D eigenvalue weighted by atomic mass is 10.1. The number of amides is 1. The lowest BCUT2D eigenvalue weighted by Gasteiger charge is -2.11. The Labute approximate surface area is 162 Å². The molecular weight excluding hydrogens is 360 g/mol. The summed E-state index contributed by atoms with van der Waals surface area (Å²) < 4.78 is 2.08. The average Bonchev–Trinajstić information content (AvgIpc) is 3.17. The Kier molecular flexibility index (Phi) is 5.57. The molecule has 1 amide bonds. The van der Waals surface area contributed by atoms with Gasteiger partial charge in [0.15, 0.2) is 0 Å². The van der Waals surface area contributed by atoms with Crippen molar-refractivity contribution in [1.29, 1.82) is 0 Å². The molecule has 0 saturated carbocycles. The lowest BCUT2D eigenvalue weighted by Crippen LogP contribution is -2.20. The van der Waals surface area contributed by atoms with Crippen molar-refractivity contribution in [3.63, 3.8) is 0 Å². The molecule has 0 aliphatic rings. The van der Waals surface area contributed by atoms with Gasteiger partial charge in [0.1, 0.15) is 9.71 Å². The van der Waals surface area contributed by atoms with Crippen molar-refractivity contribution in [2.24, 2.45) is 5.10 Å². The zero-order valence-electron chi connectivity index (χ0n) is 16.0. The molecule has 0 aromatic carbocycles. The predicted molar refractivity (Wildman–Crippen MR) is 112 cm³/mol. The van der Waals surface area contributed by atoms with Gasteiger partial charge >= 0.3 is 0 Å². The number of likely N-dealkylation sites (N-methyl/N-ethyl adjacent to an activating group) is 1. The van der Waals surface area contributed by atoms with Crippen LogP contribution in [0.15, 0.2) is 29.5 Å². The van der Waals surface area contributed by atoms with E-state index in [9.17, 15) is 4.79 Å². The van der Waals surface area contributed by atoms with Crippen LogP contribution in [0.4, 0.5) is 5.69 Å². The predicted octanol–water partition coefficient (Wildman–Crippen LogP) is 2.62. The van der Waals surface area contributed by atoms with Gasteiger partial charge in [-0.25, -0.2) is 10.4 Å². The smallest absolute Gasteiger partial charge is 0.283 e. The fourth-order valence-electron chi connectivity index (χ4n) is 2.90. The third-order valence-corrected chi connectivity index (χ3v) is 5.34. The Morgan fingerprint density at radius 3 is 2.96 bits per heavy atom. The Morgan fingerprint density at radius 2 is 2.22 bits per heavy atom. The van der Waals surface area contributed by atoms with E-state index in [1.165, 1.54) is 11.3 Å². The van der Waals surface area contributed by atoms with Gasteiger partial charge in [-0.05, 0) is 51.7 Å². The van der Waals surface area contributed by atoms with Gasteiger partial charge in [-0.1, -0.05) is 0 Å². The van der Waals surface area contributed by atoms with E-state index in [0.717, 1.165) is 40.3 Å². The van der Waals surface area contributed by atoms with Crippen molar-refractivity contribution in [2.75, 3.05) is 26.4 Å². The summed E-state index contributed by atoms with van der Waals surface area (Å²) >= 11 is 1.29. The number of aryl methyl sites for hydroxylation is 2. The molecule has 0 aliphatic carbocycles. The van der Waals surface area contributed by atoms with E-state index < -0.39 is 0 Å². The Hall–Kier alpha value is -2.71. The molecule has 3 rings (SSSR count). The monoisotopic (exact) mass is 384 g/mol. The first-order valence-electron chi connectivity index (χ1n) is 8.66. The number of nitrogen functional groups attached to an aromatic ring is 1. The molecule has 0 unspecified atom stereocenters. The third kappa shape index (κ3) is 4.17. The summed E-state index contributed by atoms with van der Waals surface area (Å²) in [6.07, 6.45) is 3.64. The summed E-state index contributed by atoms with van der Waals surface area (Å²) in [5.74, 6) is -0.324. The van der Waals surface area contributed by atoms with Gasteiger partial charge in [0, 0.05) is 30.4 Å². The maximum absolute atomic E-state index is 12.5. The molecule has 0 fully saturated rings. The quantitative estimate of drug-likeness (QED) is 0.505. The number of fused-ring (bicyclic) bond motifs is 1. The molecule has 3 N–H and O–H groups in total. The van der Waals surface area contributed by atoms with Crippen LogP contribution in [0.3, 0.4) is 0 Å². The Balaban J connectivity index is 1.74. The standard InChI is InChI=1S/C19H24N6OS/c1-12-10-13(2)22-19-15(12)16(20)17(27-19)18(26)23-21-11-14-6-5-7-25(14)9-8-24(3)4/h5-7,10-11H,8-9,20H2,1-4H3,(H,23,26)/b21-11+. The molecule has 0 atom stereocenters. The van der Waals surface area contributed by atoms with Crippen LogP contribution in [0.25, 0.3) is 10.2 Å². The van der Waals surface area contributed by atoms with Crippen molar-refractivity contribution < 1.29 is 4.79 Å². The van der Waals surface area contributed by atoms with Gasteiger partial charge < -0.3 is 15.2 Å². The van der Waals surface area contributed by atoms with E-state index in [0.29, 0.717) is 10.6 Å². The van der Waals surface area contributed by atoms with Gasteiger partial charge in [0.2, 0.25) is 0 Å². The molecule has 0 spiro atoms. The van der Waals surface area contributed by atoms with E-state index in [1.54, 1.807) is 6.21 Å². The molecular formula is C19H24N6OS. The van der Waals surface area contributed by atoms with Crippen LogP contribution in [-0.2, 0) is 6.54 Å². The first-order chi connectivity index (χ1) is 12.9. The maximum Gasteiger partial charge on any atom is 0.283 e. The molecule has 0 saturated heterocycles. The highest BCUT2D eigenvalue weighted by Crippen LogP contribution is 2.34. The second kappa shape index (κ2) is 7.89. The van der Waals surface area contributed by atoms with Crippen LogP contribution in [0.2, 0.25) is 0 Å². The van der Waals surface area contributed by atoms with Crippen LogP contribution in [0.1, 0.15) is 26.6 Å². The second-order valence-electron chi connectivity index (χ2n) is 6.73. The van der Waals surface area contributed by atoms with Gasteiger partial charge in [-0.3, -0.25) is 4.79 Å². The number of hydrogen-bond donors (Lipinski definition) is 2. The molecule has 0 bridgehead atoms. The topological polar surface area (TPSA) is 88.5 Å². The highest BCUT2D eigenvalue weighted by Gasteiger charge is 2.18. The molecule has 8 heteroatoms. The number of anilines is 1. The first kappa shape index (κ1) is 19.1. The molecule has 0 aliphatic heterocycles. The van der Waals surface area contributed by atoms with Crippen LogP contribution in [-0.4, -0.2) is 47.2 Å². The van der Waals surface area contributed by atoms with E-state index in [2.05, 4.69) is 25.0 Å². The number of pyridine rings is 1. The number of hydrogen-bond acceptors (Lipinski definition) is 6. The SMILES string of the molecule is Cc1cc(C)c2c(N)c(C(=O)N/N=C/c3cccn3CCN(C)C)sc2n1. The minimum Gasteiger partial charge on any atom is -0.397 e. The summed E-state index contributed by atoms with van der Waals surface area (Å²) in [6, 6.07) is 5.88. The van der Waals surface area contributed by atoms with E-state index in [4.69, 9.17) is 5.73 Å². The van der Waals surface area contributed by atoms with Crippen LogP contribution in [0, 0.1) is 13.8 Å². The maximum atomic E-state index is 12.5. The fourth-order valence-corrected chi connectivity index (χ4v) is 4.01. The van der Waals surface area contributed by atoms with Crippen molar-refractivity contribution in [1.82, 2.24) is 19.9 Å². The highest BCUT2D eigenvalue weighted by molar-refractivity contribution is 7.21. The largest absolute Gasteiger partial charge is 0.397 e. The number of nitrogens with one attached hydrogen (secondary N) is 1. The Morgan fingerprint density at radius 1 is 1.44 bits per heavy atom. The normalized spacial score (nSPS) is 11.7. The zero-order valence-corrected chi connectivity index (χ0v) is 16.8. The van der Waals surface area contributed by atoms with Crippen molar-refractivity contribution in [3.05, 3.63) is 46.2 Å². The number of rotatable bonds is 6. The molecule has 7 nitrogen and oxygen atoms in total. The molecule has 3 aromatic rings. The van der Waals surface area contributed by atoms with Crippen LogP contribution in [0.5, 0.6) is 0 Å². The minimum atomic E-state index is -0.324. The summed E-state index contributed by atoms with van der Waals surface area (Å²) in [5, 5.41) is 4.95. The van der Waals surface area contributed by atoms with Crippen molar-refractivity contribution >= 4 is 39.4 Å². The van der Waals surface area contributed by atoms with E-state index >= 15 is 0 Å². The Bertz CT molecular complexity index is 1000. The van der Waals surface area contributed by atoms with Gasteiger partial charge in [-0.2, -0.15) is 5.10 Å². The molecule has 142 valence electrons. The number of nitrogens with two attached hydrogens (primary N) is 1. The highest BCUT2D eigenvalue weighted by atomic mass is 32.1. The number of hydrazone groups is 1. The number of nitrogens with zero attached hydrogens (tertiary/aromatic N) is 4. The summed E-state index contributed by atoms with van der Waals surface area (Å²) in [5.41, 5.74) is 12.1. The minimum absolute atomic E-state index is 0.324. The van der Waals surface area contributed by atoms with Gasteiger partial charge in [0.05, 0.1) is 17.6 Å². The third-order valence-electron chi connectivity index (χ3n) is 4.25. The zero-order chi connectivity index (χ0) is 19.6. The molecule has 0 radical (unpaired) electrons. The van der Waals surface area contributed by atoms with Crippen molar-refractivity contribution in [3.8, 4) is 0 Å². The van der Waals surface area contributed by atoms with Crippen LogP contribution < -0.4 is 11.2 Å². The van der Waals surface area contributed by atoms with Gasteiger partial charge in [0.25, 0.3) is 5.91 Å². The molecule has 27 heavy (non-hydrogen) atoms. The number of aromatic nitrogens is 2. The van der Waals surface area contributed by atoms with Crippen LogP contribution >= 0.6 is 11.3 Å². The van der Waals surface area contributed by atoms with E-state index in [1.807, 2.05) is 52.3 Å². The second-order valence-corrected chi connectivity index (χ2v) is 7.73. The average molecular weight is 385 g/mol. The fraction of sp³-hybridized carbons (Fsp3) is 0.316. The van der Waals surface area contributed by atoms with E-state index in [-0.39, 0.29) is 5.91 Å². The number of carbonyl (C=O) groups is 1. The molecule has 3 heterocycles. The first-order valence-corrected chi connectivity index (χ1v) is 9.48. The summed E-state index contributed by atoms with van der Waals surface area (Å²) in [6.45, 7) is 5.68. The number of carbonyl (C=O) groups excluding carboxylic acids is 1. The summed E-state index contributed by atoms with van der Waals surface area (Å²) in [4.78, 5) is 20.3. The van der Waals surface area contributed by atoms with Crippen molar-refractivity contribution in [2.45, 2.75) is 20.4 Å². The number of thiophene rings is 1. The lowest BCUT2D eigenvalue weighted by molar-refractivity contribution is 0.0960. The summed E-state index contributed by atoms with van der Waals surface area (Å²) in [7, 11) is 4.07. The van der Waals surface area contributed by atoms with Gasteiger partial charge in [-0.15, -0.1) is 11.3 Å².